The van der Waals surface area contributed by atoms with Crippen molar-refractivity contribution >= 4 is 28.2 Å². The maximum atomic E-state index is 12.1. The number of furan rings is 1. The van der Waals surface area contributed by atoms with E-state index in [0.717, 1.165) is 24.0 Å². The Morgan fingerprint density at radius 3 is 2.86 bits per heavy atom. The zero-order valence-corrected chi connectivity index (χ0v) is 13.1. The first kappa shape index (κ1) is 15.4. The fourth-order valence-corrected chi connectivity index (χ4v) is 2.98. The molecule has 3 N–H and O–H groups in total. The lowest BCUT2D eigenvalue weighted by atomic mass is 10.3. The molecule has 2 aromatic rings. The van der Waals surface area contributed by atoms with Crippen molar-refractivity contribution in [2.75, 3.05) is 30.3 Å². The van der Waals surface area contributed by atoms with Gasteiger partial charge in [0.05, 0.1) is 6.26 Å². The molecule has 2 heterocycles. The average molecular weight is 308 g/mol. The highest BCUT2D eigenvalue weighted by Crippen LogP contribution is 2.27. The van der Waals surface area contributed by atoms with Crippen molar-refractivity contribution in [2.24, 2.45) is 0 Å². The Morgan fingerprint density at radius 2 is 2.24 bits per heavy atom. The van der Waals surface area contributed by atoms with Gasteiger partial charge in [-0.3, -0.25) is 4.79 Å². The largest absolute Gasteiger partial charge is 0.469 e. The standard InChI is InChI=1S/C14H20N4O2S/c1-3-18(4-2)14-17-12(15)11(21-14)13(19)16-8-7-10-6-5-9-20-10/h5-6,9H,3-4,7-8,15H2,1-2H3,(H,16,19). The number of nitrogens with zero attached hydrogens (tertiary/aromatic N) is 2. The lowest BCUT2D eigenvalue weighted by molar-refractivity contribution is 0.0958. The Balaban J connectivity index is 1.95. The van der Waals surface area contributed by atoms with E-state index >= 15 is 0 Å². The van der Waals surface area contributed by atoms with E-state index in [1.165, 1.54) is 11.3 Å². The highest BCUT2D eigenvalue weighted by molar-refractivity contribution is 7.18. The summed E-state index contributed by atoms with van der Waals surface area (Å²) >= 11 is 1.33. The Kier molecular flexibility index (Phi) is 5.21. The average Bonchev–Trinajstić information content (AvgIpc) is 3.10. The van der Waals surface area contributed by atoms with Crippen LogP contribution in [-0.2, 0) is 6.42 Å². The summed E-state index contributed by atoms with van der Waals surface area (Å²) in [5.41, 5.74) is 5.85. The highest BCUT2D eigenvalue weighted by Gasteiger charge is 2.18. The molecule has 0 fully saturated rings. The first-order valence-corrected chi connectivity index (χ1v) is 7.79. The quantitative estimate of drug-likeness (QED) is 0.818. The van der Waals surface area contributed by atoms with Crippen LogP contribution in [0.3, 0.4) is 0 Å². The Labute approximate surface area is 128 Å². The fraction of sp³-hybridized carbons (Fsp3) is 0.429. The molecule has 21 heavy (non-hydrogen) atoms. The second-order valence-corrected chi connectivity index (χ2v) is 5.45. The second kappa shape index (κ2) is 7.12. The molecule has 6 nitrogen and oxygen atoms in total. The molecule has 1 amide bonds. The first-order valence-electron chi connectivity index (χ1n) is 6.97. The number of thiazole rings is 1. The van der Waals surface area contributed by atoms with Gasteiger partial charge in [0, 0.05) is 26.1 Å². The molecule has 0 saturated carbocycles. The summed E-state index contributed by atoms with van der Waals surface area (Å²) in [5, 5.41) is 3.63. The minimum atomic E-state index is -0.185. The van der Waals surface area contributed by atoms with Gasteiger partial charge in [0.2, 0.25) is 0 Å². The SMILES string of the molecule is CCN(CC)c1nc(N)c(C(=O)NCCc2ccco2)s1. The van der Waals surface area contributed by atoms with E-state index in [1.807, 2.05) is 26.0 Å². The third-order valence-corrected chi connectivity index (χ3v) is 4.25. The van der Waals surface area contributed by atoms with Crippen molar-refractivity contribution in [1.29, 1.82) is 0 Å². The topological polar surface area (TPSA) is 84.4 Å². The summed E-state index contributed by atoms with van der Waals surface area (Å²) in [5.74, 6) is 0.948. The Bertz CT molecular complexity index is 576. The van der Waals surface area contributed by atoms with Crippen molar-refractivity contribution in [3.8, 4) is 0 Å². The molecule has 0 atom stereocenters. The predicted octanol–water partition coefficient (Wildman–Crippen LogP) is 2.14. The second-order valence-electron chi connectivity index (χ2n) is 4.47. The molecule has 0 bridgehead atoms. The molecule has 7 heteroatoms. The van der Waals surface area contributed by atoms with Gasteiger partial charge < -0.3 is 20.4 Å². The molecule has 0 aliphatic rings. The van der Waals surface area contributed by atoms with E-state index in [4.69, 9.17) is 10.2 Å². The predicted molar refractivity (Wildman–Crippen MR) is 84.8 cm³/mol. The lowest BCUT2D eigenvalue weighted by Gasteiger charge is -2.16. The number of hydrogen-bond donors (Lipinski definition) is 2. The van der Waals surface area contributed by atoms with Gasteiger partial charge in [-0.2, -0.15) is 0 Å². The zero-order chi connectivity index (χ0) is 15.2. The molecule has 0 aliphatic heterocycles. The number of carbonyl (C=O) groups is 1. The maximum Gasteiger partial charge on any atom is 0.265 e. The van der Waals surface area contributed by atoms with Gasteiger partial charge in [-0.15, -0.1) is 0 Å². The minimum Gasteiger partial charge on any atom is -0.469 e. The molecule has 2 aromatic heterocycles. The molecule has 114 valence electrons. The summed E-state index contributed by atoms with van der Waals surface area (Å²) in [4.78, 5) is 19.0. The molecule has 0 aromatic carbocycles. The molecule has 0 spiro atoms. The van der Waals surface area contributed by atoms with Crippen molar-refractivity contribution < 1.29 is 9.21 Å². The number of carbonyl (C=O) groups excluding carboxylic acids is 1. The number of hydrogen-bond acceptors (Lipinski definition) is 6. The van der Waals surface area contributed by atoms with Gasteiger partial charge in [-0.05, 0) is 26.0 Å². The van der Waals surface area contributed by atoms with Crippen molar-refractivity contribution in [1.82, 2.24) is 10.3 Å². The van der Waals surface area contributed by atoms with Gasteiger partial charge >= 0.3 is 0 Å². The van der Waals surface area contributed by atoms with Gasteiger partial charge in [-0.25, -0.2) is 4.98 Å². The number of anilines is 2. The number of nitrogens with one attached hydrogen (secondary N) is 1. The van der Waals surface area contributed by atoms with E-state index in [1.54, 1.807) is 6.26 Å². The molecule has 0 saturated heterocycles. The zero-order valence-electron chi connectivity index (χ0n) is 12.3. The van der Waals surface area contributed by atoms with E-state index in [-0.39, 0.29) is 11.7 Å². The van der Waals surface area contributed by atoms with E-state index in [0.29, 0.717) is 17.8 Å². The first-order chi connectivity index (χ1) is 10.2. The number of amides is 1. The van der Waals surface area contributed by atoms with E-state index in [2.05, 4.69) is 15.2 Å². The molecule has 0 radical (unpaired) electrons. The van der Waals surface area contributed by atoms with Crippen LogP contribution in [0.1, 0.15) is 29.3 Å². The van der Waals surface area contributed by atoms with Crippen LogP contribution < -0.4 is 16.0 Å². The van der Waals surface area contributed by atoms with Gasteiger partial charge in [-0.1, -0.05) is 11.3 Å². The van der Waals surface area contributed by atoms with Crippen molar-refractivity contribution in [2.45, 2.75) is 20.3 Å². The van der Waals surface area contributed by atoms with E-state index in [9.17, 15) is 4.79 Å². The van der Waals surface area contributed by atoms with Gasteiger partial charge in [0.15, 0.2) is 5.13 Å². The Hall–Kier alpha value is -2.02. The third-order valence-electron chi connectivity index (χ3n) is 3.12. The molecular weight excluding hydrogens is 288 g/mol. The van der Waals surface area contributed by atoms with Gasteiger partial charge in [0.25, 0.3) is 5.91 Å². The van der Waals surface area contributed by atoms with Crippen LogP contribution in [0.5, 0.6) is 0 Å². The number of nitrogens with two attached hydrogens (primary N) is 1. The monoisotopic (exact) mass is 308 g/mol. The van der Waals surface area contributed by atoms with Crippen LogP contribution >= 0.6 is 11.3 Å². The lowest BCUT2D eigenvalue weighted by Crippen LogP contribution is -2.25. The van der Waals surface area contributed by atoms with Crippen molar-refractivity contribution in [3.05, 3.63) is 29.0 Å². The number of nitrogen functional groups attached to an aromatic ring is 1. The number of rotatable bonds is 7. The van der Waals surface area contributed by atoms with Crippen LogP contribution in [0, 0.1) is 0 Å². The molecule has 0 unspecified atom stereocenters. The summed E-state index contributed by atoms with van der Waals surface area (Å²) in [6.45, 7) is 6.27. The maximum absolute atomic E-state index is 12.1. The Morgan fingerprint density at radius 1 is 1.48 bits per heavy atom. The normalized spacial score (nSPS) is 10.6. The van der Waals surface area contributed by atoms with Crippen LogP contribution in [-0.4, -0.2) is 30.5 Å². The molecular formula is C14H20N4O2S. The molecule has 0 aliphatic carbocycles. The highest BCUT2D eigenvalue weighted by atomic mass is 32.1. The van der Waals surface area contributed by atoms with Crippen LogP contribution in [0.2, 0.25) is 0 Å². The van der Waals surface area contributed by atoms with Crippen LogP contribution in [0.25, 0.3) is 0 Å². The smallest absolute Gasteiger partial charge is 0.265 e. The molecule has 2 rings (SSSR count). The van der Waals surface area contributed by atoms with Crippen molar-refractivity contribution in [3.63, 3.8) is 0 Å². The number of aromatic nitrogens is 1. The summed E-state index contributed by atoms with van der Waals surface area (Å²) in [6, 6.07) is 3.71. The fourth-order valence-electron chi connectivity index (χ4n) is 1.95. The third kappa shape index (κ3) is 3.75. The summed E-state index contributed by atoms with van der Waals surface area (Å²) in [7, 11) is 0. The van der Waals surface area contributed by atoms with Crippen LogP contribution in [0.4, 0.5) is 10.9 Å². The van der Waals surface area contributed by atoms with Gasteiger partial charge in [0.1, 0.15) is 16.5 Å². The minimum absolute atomic E-state index is 0.185. The van der Waals surface area contributed by atoms with Crippen LogP contribution in [0.15, 0.2) is 22.8 Å². The summed E-state index contributed by atoms with van der Waals surface area (Å²) in [6.07, 6.45) is 2.27. The summed E-state index contributed by atoms with van der Waals surface area (Å²) < 4.78 is 5.22. The van der Waals surface area contributed by atoms with E-state index < -0.39 is 0 Å².